The standard InChI is InChI=1S/C21H26N4O/c1-24-13-11-21(14-24)10-3-12-25(15-21)20(26)17-8-6-16(7-9-17)18-4-2-5-19(22)23-18/h2,4-9H,3,10-15H2,1H3,(H2,22,23)/t21-/m1/s1. The number of likely N-dealkylation sites (tertiary alicyclic amines) is 2. The fourth-order valence-electron chi connectivity index (χ4n) is 4.45. The number of nitrogen functional groups attached to an aromatic ring is 1. The van der Waals surface area contributed by atoms with Gasteiger partial charge in [-0.1, -0.05) is 18.2 Å². The fourth-order valence-corrected chi connectivity index (χ4v) is 4.45. The molecule has 2 aliphatic rings. The second kappa shape index (κ2) is 6.72. The van der Waals surface area contributed by atoms with Crippen LogP contribution in [0.25, 0.3) is 11.3 Å². The second-order valence-corrected chi connectivity index (χ2v) is 7.84. The van der Waals surface area contributed by atoms with Crippen molar-refractivity contribution in [2.24, 2.45) is 5.41 Å². The van der Waals surface area contributed by atoms with E-state index in [-0.39, 0.29) is 5.91 Å². The molecule has 1 aromatic carbocycles. The first kappa shape index (κ1) is 17.0. The summed E-state index contributed by atoms with van der Waals surface area (Å²) in [5.41, 5.74) is 8.62. The normalized spacial score (nSPS) is 23.5. The highest BCUT2D eigenvalue weighted by molar-refractivity contribution is 5.94. The van der Waals surface area contributed by atoms with E-state index in [0.29, 0.717) is 11.2 Å². The van der Waals surface area contributed by atoms with Crippen LogP contribution < -0.4 is 5.73 Å². The first-order valence-corrected chi connectivity index (χ1v) is 9.36. The molecule has 136 valence electrons. The number of aromatic nitrogens is 1. The van der Waals surface area contributed by atoms with Crippen LogP contribution in [0.15, 0.2) is 42.5 Å². The smallest absolute Gasteiger partial charge is 0.253 e. The highest BCUT2D eigenvalue weighted by Gasteiger charge is 2.41. The van der Waals surface area contributed by atoms with Gasteiger partial charge in [0, 0.05) is 36.2 Å². The fraction of sp³-hybridized carbons (Fsp3) is 0.429. The van der Waals surface area contributed by atoms with Crippen LogP contribution in [-0.4, -0.2) is 53.9 Å². The number of hydrogen-bond donors (Lipinski definition) is 1. The lowest BCUT2D eigenvalue weighted by Gasteiger charge is -2.40. The van der Waals surface area contributed by atoms with Gasteiger partial charge in [0.1, 0.15) is 5.82 Å². The maximum atomic E-state index is 13.0. The Morgan fingerprint density at radius 1 is 1.08 bits per heavy atom. The van der Waals surface area contributed by atoms with Crippen molar-refractivity contribution in [2.45, 2.75) is 19.3 Å². The number of carbonyl (C=O) groups excluding carboxylic acids is 1. The minimum absolute atomic E-state index is 0.144. The van der Waals surface area contributed by atoms with E-state index in [2.05, 4.69) is 21.8 Å². The maximum absolute atomic E-state index is 13.0. The molecule has 2 N–H and O–H groups in total. The van der Waals surface area contributed by atoms with Gasteiger partial charge in [-0.15, -0.1) is 0 Å². The molecule has 1 amide bonds. The molecule has 3 heterocycles. The lowest BCUT2D eigenvalue weighted by molar-refractivity contribution is 0.0534. The molecule has 0 bridgehead atoms. The predicted octanol–water partition coefficient (Wildman–Crippen LogP) is 2.89. The van der Waals surface area contributed by atoms with Gasteiger partial charge in [-0.05, 0) is 57.1 Å². The van der Waals surface area contributed by atoms with Gasteiger partial charge in [0.25, 0.3) is 5.91 Å². The van der Waals surface area contributed by atoms with Crippen LogP contribution in [0, 0.1) is 5.41 Å². The number of carbonyl (C=O) groups is 1. The van der Waals surface area contributed by atoms with Crippen molar-refractivity contribution in [2.75, 3.05) is 39.0 Å². The van der Waals surface area contributed by atoms with Crippen molar-refractivity contribution in [3.05, 3.63) is 48.0 Å². The molecule has 26 heavy (non-hydrogen) atoms. The first-order chi connectivity index (χ1) is 12.5. The molecule has 0 aliphatic carbocycles. The Bertz CT molecular complexity index is 800. The topological polar surface area (TPSA) is 62.5 Å². The van der Waals surface area contributed by atoms with E-state index in [0.717, 1.165) is 49.4 Å². The van der Waals surface area contributed by atoms with Crippen LogP contribution in [0.5, 0.6) is 0 Å². The number of anilines is 1. The third kappa shape index (κ3) is 3.31. The monoisotopic (exact) mass is 350 g/mol. The third-order valence-corrected chi connectivity index (χ3v) is 5.78. The molecular formula is C21H26N4O. The summed E-state index contributed by atoms with van der Waals surface area (Å²) in [7, 11) is 2.18. The van der Waals surface area contributed by atoms with Crippen molar-refractivity contribution >= 4 is 11.7 Å². The molecule has 4 rings (SSSR count). The zero-order valence-electron chi connectivity index (χ0n) is 15.3. The van der Waals surface area contributed by atoms with Crippen molar-refractivity contribution in [3.63, 3.8) is 0 Å². The average molecular weight is 350 g/mol. The van der Waals surface area contributed by atoms with E-state index >= 15 is 0 Å². The number of nitrogens with two attached hydrogens (primary N) is 1. The zero-order valence-corrected chi connectivity index (χ0v) is 15.3. The molecule has 0 unspecified atom stereocenters. The summed E-state index contributed by atoms with van der Waals surface area (Å²) in [5.74, 6) is 0.647. The Hall–Kier alpha value is -2.40. The largest absolute Gasteiger partial charge is 0.384 e. The molecule has 5 heteroatoms. The Balaban J connectivity index is 1.49. The first-order valence-electron chi connectivity index (χ1n) is 9.36. The SMILES string of the molecule is CN1CC[C@]2(CCCN(C(=O)c3ccc(-c4cccc(N)n4)cc3)C2)C1. The number of nitrogens with zero attached hydrogens (tertiary/aromatic N) is 3. The Kier molecular flexibility index (Phi) is 4.41. The lowest BCUT2D eigenvalue weighted by Crippen LogP contribution is -2.47. The van der Waals surface area contributed by atoms with Crippen LogP contribution in [-0.2, 0) is 0 Å². The Morgan fingerprint density at radius 2 is 1.88 bits per heavy atom. The summed E-state index contributed by atoms with van der Waals surface area (Å²) >= 11 is 0. The summed E-state index contributed by atoms with van der Waals surface area (Å²) in [6.45, 7) is 4.00. The summed E-state index contributed by atoms with van der Waals surface area (Å²) in [6, 6.07) is 13.3. The van der Waals surface area contributed by atoms with Crippen molar-refractivity contribution in [1.29, 1.82) is 0 Å². The van der Waals surface area contributed by atoms with Crippen molar-refractivity contribution < 1.29 is 4.79 Å². The van der Waals surface area contributed by atoms with Crippen LogP contribution in [0.3, 0.4) is 0 Å². The quantitative estimate of drug-likeness (QED) is 0.905. The minimum atomic E-state index is 0.144. The second-order valence-electron chi connectivity index (χ2n) is 7.84. The molecule has 2 aliphatic heterocycles. The third-order valence-electron chi connectivity index (χ3n) is 5.78. The molecule has 0 saturated carbocycles. The minimum Gasteiger partial charge on any atom is -0.384 e. The number of rotatable bonds is 2. The van der Waals surface area contributed by atoms with E-state index < -0.39 is 0 Å². The van der Waals surface area contributed by atoms with Gasteiger partial charge in [-0.3, -0.25) is 4.79 Å². The molecule has 1 aromatic heterocycles. The maximum Gasteiger partial charge on any atom is 0.253 e. The van der Waals surface area contributed by atoms with Gasteiger partial charge < -0.3 is 15.5 Å². The van der Waals surface area contributed by atoms with Crippen LogP contribution in [0.4, 0.5) is 5.82 Å². The van der Waals surface area contributed by atoms with E-state index in [1.54, 1.807) is 6.07 Å². The van der Waals surface area contributed by atoms with E-state index in [1.807, 2.05) is 36.4 Å². The number of benzene rings is 1. The Morgan fingerprint density at radius 3 is 2.58 bits per heavy atom. The molecule has 2 saturated heterocycles. The molecule has 2 fully saturated rings. The van der Waals surface area contributed by atoms with E-state index in [9.17, 15) is 4.79 Å². The van der Waals surface area contributed by atoms with Crippen LogP contribution in [0.2, 0.25) is 0 Å². The van der Waals surface area contributed by atoms with Gasteiger partial charge in [-0.25, -0.2) is 4.98 Å². The summed E-state index contributed by atoms with van der Waals surface area (Å²) in [5, 5.41) is 0. The number of hydrogen-bond acceptors (Lipinski definition) is 4. The van der Waals surface area contributed by atoms with Gasteiger partial charge in [-0.2, -0.15) is 0 Å². The Labute approximate surface area is 154 Å². The number of amides is 1. The molecule has 5 nitrogen and oxygen atoms in total. The van der Waals surface area contributed by atoms with E-state index in [4.69, 9.17) is 5.73 Å². The summed E-state index contributed by atoms with van der Waals surface area (Å²) in [4.78, 5) is 21.8. The van der Waals surface area contributed by atoms with Crippen LogP contribution in [0.1, 0.15) is 29.6 Å². The van der Waals surface area contributed by atoms with Crippen molar-refractivity contribution in [1.82, 2.24) is 14.8 Å². The molecule has 1 atom stereocenters. The molecule has 1 spiro atoms. The van der Waals surface area contributed by atoms with Gasteiger partial charge in [0.15, 0.2) is 0 Å². The van der Waals surface area contributed by atoms with E-state index in [1.165, 1.54) is 12.8 Å². The molecule has 2 aromatic rings. The summed E-state index contributed by atoms with van der Waals surface area (Å²) in [6.07, 6.45) is 3.54. The average Bonchev–Trinajstić information content (AvgIpc) is 3.01. The zero-order chi connectivity index (χ0) is 18.1. The highest BCUT2D eigenvalue weighted by atomic mass is 16.2. The number of pyridine rings is 1. The lowest BCUT2D eigenvalue weighted by atomic mass is 9.79. The highest BCUT2D eigenvalue weighted by Crippen LogP contribution is 2.38. The van der Waals surface area contributed by atoms with Crippen molar-refractivity contribution in [3.8, 4) is 11.3 Å². The van der Waals surface area contributed by atoms with Gasteiger partial charge in [0.2, 0.25) is 0 Å². The predicted molar refractivity (Wildman–Crippen MR) is 104 cm³/mol. The number of piperidine rings is 1. The van der Waals surface area contributed by atoms with Crippen LogP contribution >= 0.6 is 0 Å². The molecular weight excluding hydrogens is 324 g/mol. The van der Waals surface area contributed by atoms with Gasteiger partial charge >= 0.3 is 0 Å². The molecule has 0 radical (unpaired) electrons. The van der Waals surface area contributed by atoms with Gasteiger partial charge in [0.05, 0.1) is 5.69 Å². The summed E-state index contributed by atoms with van der Waals surface area (Å²) < 4.78 is 0.